The molecule has 2 aromatic carbocycles. The maximum Gasteiger partial charge on any atom is 0.243 e. The third-order valence-corrected chi connectivity index (χ3v) is 8.79. The number of nitrogens with two attached hydrogens (primary N) is 1. The van der Waals surface area contributed by atoms with Gasteiger partial charge in [0.05, 0.1) is 0 Å². The Labute approximate surface area is 197 Å². The molecule has 2 aliphatic heterocycles. The van der Waals surface area contributed by atoms with Gasteiger partial charge in [-0.25, -0.2) is 17.2 Å². The van der Waals surface area contributed by atoms with Crippen LogP contribution in [-0.2, 0) is 36.4 Å². The fourth-order valence-electron chi connectivity index (χ4n) is 4.73. The molecular weight excluding hydrogens is 466 g/mol. The largest absolute Gasteiger partial charge is 0.381 e. The van der Waals surface area contributed by atoms with Crippen LogP contribution < -0.4 is 5.73 Å². The Morgan fingerprint density at radius 1 is 1.15 bits per heavy atom. The van der Waals surface area contributed by atoms with Crippen molar-refractivity contribution >= 4 is 15.9 Å². The third kappa shape index (κ3) is 5.00. The fourth-order valence-corrected chi connectivity index (χ4v) is 6.76. The van der Waals surface area contributed by atoms with Crippen molar-refractivity contribution in [1.82, 2.24) is 4.31 Å². The Morgan fingerprint density at radius 3 is 2.53 bits per heavy atom. The number of benzene rings is 2. The molecule has 1 amide bonds. The summed E-state index contributed by atoms with van der Waals surface area (Å²) in [6.45, 7) is 0.0447. The zero-order valence-electron chi connectivity index (χ0n) is 18.7. The van der Waals surface area contributed by atoms with Crippen LogP contribution in [0, 0.1) is 11.6 Å². The maximum atomic E-state index is 15.3. The minimum absolute atomic E-state index is 0.0260. The SMILES string of the molecule is NC(=O)COC1(c2cc(F)c(CN3CCC[C@H](c4ccccc4)S3(=O)=O)cc2F)CCOCC1. The smallest absolute Gasteiger partial charge is 0.243 e. The van der Waals surface area contributed by atoms with Crippen LogP contribution >= 0.6 is 0 Å². The summed E-state index contributed by atoms with van der Waals surface area (Å²) in [6, 6.07) is 11.0. The highest BCUT2D eigenvalue weighted by atomic mass is 32.2. The average Bonchev–Trinajstić information content (AvgIpc) is 2.82. The van der Waals surface area contributed by atoms with E-state index in [1.54, 1.807) is 24.3 Å². The fraction of sp³-hybridized carbons (Fsp3) is 0.458. The zero-order chi connectivity index (χ0) is 24.3. The highest BCUT2D eigenvalue weighted by Crippen LogP contribution is 2.39. The van der Waals surface area contributed by atoms with E-state index >= 15 is 8.78 Å². The van der Waals surface area contributed by atoms with E-state index in [0.717, 1.165) is 12.1 Å². The van der Waals surface area contributed by atoms with Crippen molar-refractivity contribution in [2.45, 2.75) is 43.1 Å². The second-order valence-electron chi connectivity index (χ2n) is 8.71. The number of nitrogens with zero attached hydrogens (tertiary/aromatic N) is 1. The van der Waals surface area contributed by atoms with Gasteiger partial charge in [0.1, 0.15) is 29.1 Å². The molecule has 2 saturated heterocycles. The van der Waals surface area contributed by atoms with E-state index < -0.39 is 45.0 Å². The summed E-state index contributed by atoms with van der Waals surface area (Å²) in [5.41, 5.74) is 4.55. The van der Waals surface area contributed by atoms with Gasteiger partial charge in [-0.2, -0.15) is 4.31 Å². The first kappa shape index (κ1) is 24.7. The van der Waals surface area contributed by atoms with Gasteiger partial charge in [-0.15, -0.1) is 0 Å². The van der Waals surface area contributed by atoms with Gasteiger partial charge < -0.3 is 15.2 Å². The summed E-state index contributed by atoms with van der Waals surface area (Å²) in [5.74, 6) is -2.18. The van der Waals surface area contributed by atoms with E-state index in [2.05, 4.69) is 0 Å². The van der Waals surface area contributed by atoms with Gasteiger partial charge in [-0.1, -0.05) is 30.3 Å². The van der Waals surface area contributed by atoms with Crippen LogP contribution in [0.15, 0.2) is 42.5 Å². The van der Waals surface area contributed by atoms with Crippen LogP contribution in [0.4, 0.5) is 8.78 Å². The lowest BCUT2D eigenvalue weighted by Crippen LogP contribution is -2.40. The van der Waals surface area contributed by atoms with E-state index in [0.29, 0.717) is 18.4 Å². The van der Waals surface area contributed by atoms with Gasteiger partial charge in [0.15, 0.2) is 0 Å². The van der Waals surface area contributed by atoms with E-state index in [9.17, 15) is 13.2 Å². The Balaban J connectivity index is 1.61. The predicted molar refractivity (Wildman–Crippen MR) is 121 cm³/mol. The summed E-state index contributed by atoms with van der Waals surface area (Å²) in [5, 5.41) is -0.720. The number of sulfonamides is 1. The van der Waals surface area contributed by atoms with Gasteiger partial charge in [-0.3, -0.25) is 4.79 Å². The number of carbonyl (C=O) groups is 1. The van der Waals surface area contributed by atoms with Gasteiger partial charge in [0.25, 0.3) is 0 Å². The molecule has 0 aromatic heterocycles. The number of amides is 1. The average molecular weight is 495 g/mol. The number of hydrogen-bond donors (Lipinski definition) is 1. The minimum Gasteiger partial charge on any atom is -0.381 e. The predicted octanol–water partition coefficient (Wildman–Crippen LogP) is 3.14. The molecule has 2 fully saturated rings. The van der Waals surface area contributed by atoms with Crippen molar-refractivity contribution in [3.8, 4) is 0 Å². The van der Waals surface area contributed by atoms with Crippen molar-refractivity contribution in [2.24, 2.45) is 5.73 Å². The first-order valence-corrected chi connectivity index (χ1v) is 12.8. The molecule has 2 heterocycles. The van der Waals surface area contributed by atoms with Gasteiger partial charge >= 0.3 is 0 Å². The lowest BCUT2D eigenvalue weighted by molar-refractivity contribution is -0.144. The molecule has 2 aromatic rings. The van der Waals surface area contributed by atoms with Crippen LogP contribution in [-0.4, -0.2) is 45.0 Å². The summed E-state index contributed by atoms with van der Waals surface area (Å²) in [7, 11) is -3.75. The van der Waals surface area contributed by atoms with Gasteiger partial charge in [0, 0.05) is 50.3 Å². The zero-order valence-corrected chi connectivity index (χ0v) is 19.5. The molecule has 4 rings (SSSR count). The van der Waals surface area contributed by atoms with Crippen LogP contribution in [0.5, 0.6) is 0 Å². The van der Waals surface area contributed by atoms with Gasteiger partial charge in [0.2, 0.25) is 15.9 Å². The van der Waals surface area contributed by atoms with E-state index in [-0.39, 0.29) is 50.3 Å². The van der Waals surface area contributed by atoms with Crippen LogP contribution in [0.3, 0.4) is 0 Å². The number of hydrogen-bond acceptors (Lipinski definition) is 5. The van der Waals surface area contributed by atoms with Crippen molar-refractivity contribution in [3.05, 3.63) is 70.8 Å². The number of rotatable bonds is 7. The quantitative estimate of drug-likeness (QED) is 0.638. The molecular formula is C24H28F2N2O5S. The molecule has 2 N–H and O–H groups in total. The number of ether oxygens (including phenoxy) is 2. The monoisotopic (exact) mass is 494 g/mol. The Kier molecular flexibility index (Phi) is 7.32. The van der Waals surface area contributed by atoms with Crippen molar-refractivity contribution in [3.63, 3.8) is 0 Å². The molecule has 10 heteroatoms. The molecule has 0 spiro atoms. The highest BCUT2D eigenvalue weighted by Gasteiger charge is 2.40. The van der Waals surface area contributed by atoms with E-state index in [1.807, 2.05) is 6.07 Å². The molecule has 1 atom stereocenters. The molecule has 0 bridgehead atoms. The Morgan fingerprint density at radius 2 is 1.85 bits per heavy atom. The second-order valence-corrected chi connectivity index (χ2v) is 10.8. The molecule has 0 saturated carbocycles. The minimum atomic E-state index is -3.75. The van der Waals surface area contributed by atoms with Crippen LogP contribution in [0.25, 0.3) is 0 Å². The number of carbonyl (C=O) groups excluding carboxylic acids is 1. The Hall–Kier alpha value is -2.40. The van der Waals surface area contributed by atoms with Crippen molar-refractivity contribution in [1.29, 1.82) is 0 Å². The topological polar surface area (TPSA) is 98.9 Å². The summed E-state index contributed by atoms with van der Waals surface area (Å²) in [4.78, 5) is 11.3. The number of halogens is 2. The second kappa shape index (κ2) is 10.1. The molecule has 0 aliphatic carbocycles. The molecule has 0 unspecified atom stereocenters. The normalized spacial score (nSPS) is 22.4. The van der Waals surface area contributed by atoms with Crippen LogP contribution in [0.2, 0.25) is 0 Å². The third-order valence-electron chi connectivity index (χ3n) is 6.53. The van der Waals surface area contributed by atoms with E-state index in [4.69, 9.17) is 15.2 Å². The summed E-state index contributed by atoms with van der Waals surface area (Å²) in [6.07, 6.45) is 1.55. The van der Waals surface area contributed by atoms with Gasteiger partial charge in [-0.05, 0) is 30.5 Å². The first-order valence-electron chi connectivity index (χ1n) is 11.3. The van der Waals surface area contributed by atoms with Crippen molar-refractivity contribution < 1.29 is 31.5 Å². The molecule has 34 heavy (non-hydrogen) atoms. The molecule has 184 valence electrons. The molecule has 2 aliphatic rings. The molecule has 0 radical (unpaired) electrons. The molecule has 7 nitrogen and oxygen atoms in total. The lowest BCUT2D eigenvalue weighted by atomic mass is 9.85. The highest BCUT2D eigenvalue weighted by molar-refractivity contribution is 7.89. The number of primary amides is 1. The lowest BCUT2D eigenvalue weighted by Gasteiger charge is -2.37. The Bertz CT molecular complexity index is 1140. The maximum absolute atomic E-state index is 15.3. The van der Waals surface area contributed by atoms with Crippen LogP contribution in [0.1, 0.15) is 47.6 Å². The summed E-state index contributed by atoms with van der Waals surface area (Å²) < 4.78 is 69.3. The standard InChI is InChI=1S/C24H28F2N2O5S/c25-20-14-19(24(33-16-23(27)29)8-11-32-12-9-24)21(26)13-18(20)15-28-10-4-7-22(34(28,30)31)17-5-2-1-3-6-17/h1-3,5-6,13-14,22H,4,7-12,15-16H2,(H2,27,29)/t22-/m1/s1. The summed E-state index contributed by atoms with van der Waals surface area (Å²) >= 11 is 0. The van der Waals surface area contributed by atoms with Crippen molar-refractivity contribution in [2.75, 3.05) is 26.4 Å². The first-order chi connectivity index (χ1) is 16.2. The van der Waals surface area contributed by atoms with E-state index in [1.165, 1.54) is 4.31 Å².